The number of amides is 1. The molecule has 0 aromatic heterocycles. The number of ether oxygens (including phenoxy) is 1. The minimum Gasteiger partial charge on any atom is -0.469 e. The maximum atomic E-state index is 13.2. The van der Waals surface area contributed by atoms with E-state index >= 15 is 0 Å². The summed E-state index contributed by atoms with van der Waals surface area (Å²) in [6, 6.07) is 20.6. The molecule has 0 atom stereocenters. The number of benzene rings is 2. The molecule has 0 heterocycles. The zero-order valence-corrected chi connectivity index (χ0v) is 29.1. The first-order valence-electron chi connectivity index (χ1n) is 16.1. The molecule has 0 fully saturated rings. The third-order valence-electron chi connectivity index (χ3n) is 7.85. The van der Waals surface area contributed by atoms with E-state index in [0.717, 1.165) is 22.8 Å². The van der Waals surface area contributed by atoms with Gasteiger partial charge in [0, 0.05) is 36.4 Å². The Bertz CT molecular complexity index is 943. The van der Waals surface area contributed by atoms with Crippen molar-refractivity contribution in [2.45, 2.75) is 105 Å². The highest BCUT2D eigenvalue weighted by molar-refractivity contribution is 8.18. The van der Waals surface area contributed by atoms with Gasteiger partial charge in [0.25, 0.3) is 0 Å². The van der Waals surface area contributed by atoms with Gasteiger partial charge in [0.2, 0.25) is 5.91 Å². The molecule has 2 aromatic rings. The van der Waals surface area contributed by atoms with Crippen molar-refractivity contribution in [3.05, 3.63) is 60.7 Å². The Hall–Kier alpha value is -1.49. The summed E-state index contributed by atoms with van der Waals surface area (Å²) in [4.78, 5) is 27.7. The second-order valence-corrected chi connectivity index (χ2v) is 19.0. The molecule has 4 nitrogen and oxygen atoms in total. The molecule has 7 heteroatoms. The van der Waals surface area contributed by atoms with Gasteiger partial charge in [0.1, 0.15) is 0 Å². The van der Waals surface area contributed by atoms with Gasteiger partial charge in [-0.1, -0.05) is 76.4 Å². The lowest BCUT2D eigenvalue weighted by Gasteiger charge is -2.33. The van der Waals surface area contributed by atoms with Gasteiger partial charge in [-0.2, -0.15) is 0 Å². The molecule has 0 aliphatic rings. The minimum atomic E-state index is -0.949. The smallest absolute Gasteiger partial charge is 0.305 e. The van der Waals surface area contributed by atoms with Crippen molar-refractivity contribution in [3.63, 3.8) is 0 Å². The fourth-order valence-corrected chi connectivity index (χ4v) is 13.5. The van der Waals surface area contributed by atoms with Gasteiger partial charge in [-0.05, 0) is 62.8 Å². The van der Waals surface area contributed by atoms with E-state index in [2.05, 4.69) is 50.4 Å². The van der Waals surface area contributed by atoms with Crippen LogP contribution in [0.3, 0.4) is 0 Å². The van der Waals surface area contributed by atoms with E-state index in [9.17, 15) is 9.59 Å². The number of thioether (sulfide) groups is 2. The molecule has 0 aliphatic heterocycles. The summed E-state index contributed by atoms with van der Waals surface area (Å²) < 4.78 is 4.62. The van der Waals surface area contributed by atoms with Crippen LogP contribution in [0, 0.1) is 0 Å². The summed E-state index contributed by atoms with van der Waals surface area (Å²) in [7, 11) is 0.491. The molecule has 234 valence electrons. The first kappa shape index (κ1) is 36.7. The fraction of sp³-hybridized carbons (Fsp3) is 0.600. The molecule has 0 spiro atoms. The van der Waals surface area contributed by atoms with Crippen molar-refractivity contribution in [1.29, 1.82) is 0 Å². The average Bonchev–Trinajstić information content (AvgIpc) is 3.02. The molecule has 0 saturated carbocycles. The van der Waals surface area contributed by atoms with Gasteiger partial charge >= 0.3 is 5.97 Å². The molecule has 2 aromatic carbocycles. The highest BCUT2D eigenvalue weighted by atomic mass is 32.2. The quantitative estimate of drug-likeness (QED) is 0.0434. The van der Waals surface area contributed by atoms with Crippen LogP contribution in [-0.2, 0) is 14.3 Å². The molecule has 1 N–H and O–H groups in total. The van der Waals surface area contributed by atoms with E-state index in [0.29, 0.717) is 25.7 Å². The van der Waals surface area contributed by atoms with Crippen LogP contribution in [0.2, 0.25) is 0 Å². The van der Waals surface area contributed by atoms with E-state index < -0.39 is 7.26 Å². The Kier molecular flexibility index (Phi) is 18.6. The van der Waals surface area contributed by atoms with Crippen LogP contribution in [0.1, 0.15) is 91.4 Å². The number of unbranched alkanes of at least 4 members (excludes halogenated alkanes) is 3. The molecular weight excluding hydrogens is 577 g/mol. The zero-order valence-electron chi connectivity index (χ0n) is 26.6. The number of nitrogens with one attached hydrogen (secondary N) is 1. The SMILES string of the molecule is CCCC[P+](CCCC)(CCCC)CCCNC(=O)CCC(CCC(=O)OC)(Sc1ccccc1)Sc1ccccc1. The number of hydrogen-bond acceptors (Lipinski definition) is 5. The number of hydrogen-bond donors (Lipinski definition) is 1. The third-order valence-corrected chi connectivity index (χ3v) is 16.0. The molecule has 0 bridgehead atoms. The van der Waals surface area contributed by atoms with Gasteiger partial charge in [0.05, 0.1) is 35.8 Å². The van der Waals surface area contributed by atoms with E-state index in [1.54, 1.807) is 23.5 Å². The topological polar surface area (TPSA) is 55.4 Å². The second-order valence-electron chi connectivity index (χ2n) is 11.3. The summed E-state index contributed by atoms with van der Waals surface area (Å²) in [6.07, 6.45) is 16.6. The van der Waals surface area contributed by atoms with Crippen LogP contribution >= 0.6 is 30.8 Å². The number of methoxy groups -OCH3 is 1. The molecule has 0 unspecified atom stereocenters. The summed E-state index contributed by atoms with van der Waals surface area (Å²) in [5, 5.41) is 3.27. The lowest BCUT2D eigenvalue weighted by atomic mass is 10.1. The van der Waals surface area contributed by atoms with Gasteiger partial charge in [0.15, 0.2) is 0 Å². The van der Waals surface area contributed by atoms with Crippen LogP contribution in [0.5, 0.6) is 0 Å². The summed E-state index contributed by atoms with van der Waals surface area (Å²) in [5.74, 6) is -0.105. The first-order chi connectivity index (χ1) is 20.4. The van der Waals surface area contributed by atoms with Gasteiger partial charge in [-0.3, -0.25) is 9.59 Å². The molecule has 1 amide bonds. The van der Waals surface area contributed by atoms with E-state index in [1.807, 2.05) is 36.4 Å². The minimum absolute atomic E-state index is 0.111. The Morgan fingerprint density at radius 2 is 1.17 bits per heavy atom. The van der Waals surface area contributed by atoms with Crippen LogP contribution in [-0.4, -0.2) is 54.3 Å². The van der Waals surface area contributed by atoms with Gasteiger partial charge < -0.3 is 10.1 Å². The van der Waals surface area contributed by atoms with E-state index in [4.69, 9.17) is 4.74 Å². The molecule has 0 radical (unpaired) electrons. The monoisotopic (exact) mass is 632 g/mol. The third kappa shape index (κ3) is 14.3. The average molecular weight is 633 g/mol. The van der Waals surface area contributed by atoms with Crippen molar-refractivity contribution in [3.8, 4) is 0 Å². The van der Waals surface area contributed by atoms with Crippen molar-refractivity contribution < 1.29 is 14.3 Å². The largest absolute Gasteiger partial charge is 0.469 e. The van der Waals surface area contributed by atoms with Crippen LogP contribution in [0.25, 0.3) is 0 Å². The molecule has 0 aliphatic carbocycles. The lowest BCUT2D eigenvalue weighted by molar-refractivity contribution is -0.140. The Morgan fingerprint density at radius 1 is 0.714 bits per heavy atom. The predicted molar refractivity (Wildman–Crippen MR) is 187 cm³/mol. The van der Waals surface area contributed by atoms with Crippen LogP contribution < -0.4 is 5.32 Å². The summed E-state index contributed by atoms with van der Waals surface area (Å²) in [5.41, 5.74) is 0. The van der Waals surface area contributed by atoms with Crippen molar-refractivity contribution >= 4 is 42.7 Å². The predicted octanol–water partition coefficient (Wildman–Crippen LogP) is 9.92. The van der Waals surface area contributed by atoms with Crippen LogP contribution in [0.15, 0.2) is 70.5 Å². The number of esters is 1. The highest BCUT2D eigenvalue weighted by Crippen LogP contribution is 2.61. The summed E-state index contributed by atoms with van der Waals surface area (Å²) >= 11 is 3.52. The second kappa shape index (κ2) is 21.3. The highest BCUT2D eigenvalue weighted by Gasteiger charge is 2.36. The number of carbonyl (C=O) groups is 2. The first-order valence-corrected chi connectivity index (χ1v) is 20.2. The standard InChI is InChI=1S/C35H54NO3PS2/c1-5-8-27-40(28-9-6-2,29-10-7-3)30-17-26-36-33(37)22-24-35(25-23-34(38)39-4,41-31-18-13-11-14-19-31)42-32-20-15-12-16-21-32/h11-16,18-21H,5-10,17,22-30H2,1-4H3/p+1. The molecule has 0 saturated heterocycles. The van der Waals surface area contributed by atoms with Gasteiger partial charge in [-0.15, -0.1) is 23.5 Å². The Morgan fingerprint density at radius 3 is 1.62 bits per heavy atom. The Labute approximate surface area is 265 Å². The summed E-state index contributed by atoms with van der Waals surface area (Å²) in [6.45, 7) is 7.70. The number of carbonyl (C=O) groups excluding carboxylic acids is 2. The van der Waals surface area contributed by atoms with E-state index in [1.165, 1.54) is 70.3 Å². The fourth-order valence-electron chi connectivity index (χ4n) is 5.34. The van der Waals surface area contributed by atoms with Crippen molar-refractivity contribution in [2.75, 3.05) is 38.3 Å². The normalized spacial score (nSPS) is 11.8. The van der Waals surface area contributed by atoms with E-state index in [-0.39, 0.29) is 16.0 Å². The number of rotatable bonds is 23. The molecular formula is C35H55NO3PS2+. The lowest BCUT2D eigenvalue weighted by Crippen LogP contribution is -2.29. The van der Waals surface area contributed by atoms with Crippen molar-refractivity contribution in [1.82, 2.24) is 5.32 Å². The maximum absolute atomic E-state index is 13.2. The molecule has 2 rings (SSSR count). The van der Waals surface area contributed by atoms with Crippen LogP contribution in [0.4, 0.5) is 0 Å². The van der Waals surface area contributed by atoms with Gasteiger partial charge in [-0.25, -0.2) is 0 Å². The zero-order chi connectivity index (χ0) is 30.5. The Balaban J connectivity index is 2.08. The molecule has 42 heavy (non-hydrogen) atoms. The maximum Gasteiger partial charge on any atom is 0.305 e. The van der Waals surface area contributed by atoms with Crippen molar-refractivity contribution in [2.24, 2.45) is 0 Å².